The van der Waals surface area contributed by atoms with Gasteiger partial charge in [0.25, 0.3) is 0 Å². The van der Waals surface area contributed by atoms with Crippen LogP contribution in [0.5, 0.6) is 0 Å². The fraction of sp³-hybridized carbons (Fsp3) is 0.500. The minimum atomic E-state index is -0.108. The largest absolute Gasteiger partial charge is 0.390 e. The molecule has 1 heterocycles. The molecule has 1 atom stereocenters. The van der Waals surface area contributed by atoms with Gasteiger partial charge in [-0.25, -0.2) is 0 Å². The van der Waals surface area contributed by atoms with Gasteiger partial charge < -0.3 is 5.11 Å². The first-order valence-electron chi connectivity index (χ1n) is 5.15. The normalized spacial score (nSPS) is 20.5. The van der Waals surface area contributed by atoms with Crippen LogP contribution in [0.4, 0.5) is 0 Å². The highest BCUT2D eigenvalue weighted by Crippen LogP contribution is 2.25. The van der Waals surface area contributed by atoms with Crippen molar-refractivity contribution in [2.45, 2.75) is 26.0 Å². The maximum absolute atomic E-state index is 9.22. The molecule has 1 aromatic rings. The standard InChI is InChI=1S/C12H17NO/c1-9-3-5-11(6-4-9)10(2)13-7-12(14)8-13/h3-6,10,12,14H,7-8H2,1-2H3/t10-/m1/s1. The summed E-state index contributed by atoms with van der Waals surface area (Å²) in [5.41, 5.74) is 2.63. The lowest BCUT2D eigenvalue weighted by Gasteiger charge is -2.40. The second-order valence-corrected chi connectivity index (χ2v) is 4.19. The molecule has 76 valence electrons. The Hall–Kier alpha value is -0.860. The molecule has 0 unspecified atom stereocenters. The number of rotatable bonds is 2. The predicted octanol–water partition coefficient (Wildman–Crippen LogP) is 1.73. The Balaban J connectivity index is 2.04. The maximum atomic E-state index is 9.22. The monoisotopic (exact) mass is 191 g/mol. The number of benzene rings is 1. The van der Waals surface area contributed by atoms with E-state index in [0.29, 0.717) is 6.04 Å². The number of hydrogen-bond acceptors (Lipinski definition) is 2. The molecule has 2 heteroatoms. The molecule has 0 spiro atoms. The van der Waals surface area contributed by atoms with Crippen LogP contribution < -0.4 is 0 Å². The number of nitrogens with zero attached hydrogens (tertiary/aromatic N) is 1. The van der Waals surface area contributed by atoms with Crippen molar-refractivity contribution in [3.8, 4) is 0 Å². The van der Waals surface area contributed by atoms with Crippen molar-refractivity contribution in [2.24, 2.45) is 0 Å². The highest BCUT2D eigenvalue weighted by molar-refractivity contribution is 5.24. The molecule has 0 radical (unpaired) electrons. The highest BCUT2D eigenvalue weighted by atomic mass is 16.3. The Morgan fingerprint density at radius 2 is 1.86 bits per heavy atom. The Kier molecular flexibility index (Phi) is 2.57. The van der Waals surface area contributed by atoms with E-state index >= 15 is 0 Å². The van der Waals surface area contributed by atoms with Crippen LogP contribution in [0.15, 0.2) is 24.3 Å². The number of hydrogen-bond donors (Lipinski definition) is 1. The minimum Gasteiger partial charge on any atom is -0.390 e. The number of aryl methyl sites for hydroxylation is 1. The second kappa shape index (κ2) is 3.71. The van der Waals surface area contributed by atoms with Crippen molar-refractivity contribution in [3.05, 3.63) is 35.4 Å². The van der Waals surface area contributed by atoms with E-state index in [2.05, 4.69) is 43.0 Å². The van der Waals surface area contributed by atoms with E-state index < -0.39 is 0 Å². The number of likely N-dealkylation sites (tertiary alicyclic amines) is 1. The van der Waals surface area contributed by atoms with E-state index in [1.807, 2.05) is 0 Å². The van der Waals surface area contributed by atoms with Gasteiger partial charge in [0.05, 0.1) is 6.10 Å². The highest BCUT2D eigenvalue weighted by Gasteiger charge is 2.28. The van der Waals surface area contributed by atoms with E-state index in [1.54, 1.807) is 0 Å². The summed E-state index contributed by atoms with van der Waals surface area (Å²) in [6.45, 7) is 5.92. The lowest BCUT2D eigenvalue weighted by atomic mass is 10.0. The zero-order valence-electron chi connectivity index (χ0n) is 8.77. The van der Waals surface area contributed by atoms with Gasteiger partial charge >= 0.3 is 0 Å². The molecule has 2 nitrogen and oxygen atoms in total. The SMILES string of the molecule is Cc1ccc([C@@H](C)N2CC(O)C2)cc1. The fourth-order valence-electron chi connectivity index (χ4n) is 1.86. The van der Waals surface area contributed by atoms with Gasteiger partial charge in [-0.1, -0.05) is 29.8 Å². The number of aliphatic hydroxyl groups excluding tert-OH is 1. The summed E-state index contributed by atoms with van der Waals surface area (Å²) < 4.78 is 0. The van der Waals surface area contributed by atoms with E-state index in [0.717, 1.165) is 13.1 Å². The van der Waals surface area contributed by atoms with Crippen molar-refractivity contribution in [2.75, 3.05) is 13.1 Å². The van der Waals surface area contributed by atoms with E-state index in [9.17, 15) is 5.11 Å². The van der Waals surface area contributed by atoms with Gasteiger partial charge in [-0.2, -0.15) is 0 Å². The average molecular weight is 191 g/mol. The van der Waals surface area contributed by atoms with Crippen molar-refractivity contribution in [1.29, 1.82) is 0 Å². The van der Waals surface area contributed by atoms with E-state index in [4.69, 9.17) is 0 Å². The predicted molar refractivity (Wildman–Crippen MR) is 57.2 cm³/mol. The van der Waals surface area contributed by atoms with Crippen molar-refractivity contribution in [3.63, 3.8) is 0 Å². The van der Waals surface area contributed by atoms with Crippen molar-refractivity contribution in [1.82, 2.24) is 4.90 Å². The van der Waals surface area contributed by atoms with Gasteiger partial charge in [0, 0.05) is 19.1 Å². The topological polar surface area (TPSA) is 23.5 Å². The summed E-state index contributed by atoms with van der Waals surface area (Å²) in [5.74, 6) is 0. The quantitative estimate of drug-likeness (QED) is 0.769. The first kappa shape index (κ1) is 9.69. The summed E-state index contributed by atoms with van der Waals surface area (Å²) in [6, 6.07) is 9.05. The number of β-amino-alcohol motifs (C(OH)–C–C–N with tert-alkyl or cyclic N) is 1. The molecule has 1 aliphatic heterocycles. The molecular formula is C12H17NO. The molecule has 1 fully saturated rings. The van der Waals surface area contributed by atoms with Gasteiger partial charge in [-0.05, 0) is 19.4 Å². The van der Waals surface area contributed by atoms with Gasteiger partial charge in [0.1, 0.15) is 0 Å². The number of aliphatic hydroxyl groups is 1. The molecule has 0 saturated carbocycles. The molecule has 0 bridgehead atoms. The first-order chi connectivity index (χ1) is 6.66. The molecule has 1 aliphatic rings. The Bertz CT molecular complexity index is 301. The third-order valence-corrected chi connectivity index (χ3v) is 3.00. The maximum Gasteiger partial charge on any atom is 0.0794 e. The molecular weight excluding hydrogens is 174 g/mol. The first-order valence-corrected chi connectivity index (χ1v) is 5.15. The molecule has 0 aromatic heterocycles. The van der Waals surface area contributed by atoms with Gasteiger partial charge in [0.15, 0.2) is 0 Å². The zero-order chi connectivity index (χ0) is 10.1. The Morgan fingerprint density at radius 1 is 1.29 bits per heavy atom. The summed E-state index contributed by atoms with van der Waals surface area (Å²) >= 11 is 0. The molecule has 14 heavy (non-hydrogen) atoms. The Labute approximate surface area is 85.2 Å². The summed E-state index contributed by atoms with van der Waals surface area (Å²) in [7, 11) is 0. The molecule has 1 saturated heterocycles. The lowest BCUT2D eigenvalue weighted by molar-refractivity contribution is -0.0211. The van der Waals surface area contributed by atoms with E-state index in [-0.39, 0.29) is 6.10 Å². The van der Waals surface area contributed by atoms with Crippen LogP contribution >= 0.6 is 0 Å². The van der Waals surface area contributed by atoms with Crippen LogP contribution in [-0.4, -0.2) is 29.2 Å². The van der Waals surface area contributed by atoms with Crippen LogP contribution in [-0.2, 0) is 0 Å². The summed E-state index contributed by atoms with van der Waals surface area (Å²) in [5, 5.41) is 9.22. The molecule has 0 aliphatic carbocycles. The minimum absolute atomic E-state index is 0.108. The van der Waals surface area contributed by atoms with Crippen LogP contribution in [0.25, 0.3) is 0 Å². The average Bonchev–Trinajstić information content (AvgIpc) is 2.13. The van der Waals surface area contributed by atoms with Crippen molar-refractivity contribution >= 4 is 0 Å². The summed E-state index contributed by atoms with van der Waals surface area (Å²) in [6.07, 6.45) is -0.108. The lowest BCUT2D eigenvalue weighted by Crippen LogP contribution is -2.51. The summed E-state index contributed by atoms with van der Waals surface area (Å²) in [4.78, 5) is 2.29. The molecule has 1 N–H and O–H groups in total. The van der Waals surface area contributed by atoms with Crippen LogP contribution in [0.2, 0.25) is 0 Å². The van der Waals surface area contributed by atoms with Gasteiger partial charge in [-0.3, -0.25) is 4.90 Å². The molecule has 1 aromatic carbocycles. The van der Waals surface area contributed by atoms with Crippen molar-refractivity contribution < 1.29 is 5.11 Å². The van der Waals surface area contributed by atoms with Gasteiger partial charge in [0.2, 0.25) is 0 Å². The zero-order valence-corrected chi connectivity index (χ0v) is 8.77. The molecule has 0 amide bonds. The van der Waals surface area contributed by atoms with Crippen LogP contribution in [0, 0.1) is 6.92 Å². The fourth-order valence-corrected chi connectivity index (χ4v) is 1.86. The molecule has 2 rings (SSSR count). The smallest absolute Gasteiger partial charge is 0.0794 e. The second-order valence-electron chi connectivity index (χ2n) is 4.19. The van der Waals surface area contributed by atoms with Gasteiger partial charge in [-0.15, -0.1) is 0 Å². The van der Waals surface area contributed by atoms with Crippen LogP contribution in [0.3, 0.4) is 0 Å². The van der Waals surface area contributed by atoms with E-state index in [1.165, 1.54) is 11.1 Å². The van der Waals surface area contributed by atoms with Crippen LogP contribution in [0.1, 0.15) is 24.1 Å². The third kappa shape index (κ3) is 1.81. The third-order valence-electron chi connectivity index (χ3n) is 3.00. The Morgan fingerprint density at radius 3 is 2.36 bits per heavy atom.